The van der Waals surface area contributed by atoms with E-state index in [9.17, 15) is 4.39 Å². The predicted octanol–water partition coefficient (Wildman–Crippen LogP) is 4.55. The summed E-state index contributed by atoms with van der Waals surface area (Å²) >= 11 is 11.1. The van der Waals surface area contributed by atoms with Crippen LogP contribution in [0.15, 0.2) is 24.5 Å². The van der Waals surface area contributed by atoms with E-state index >= 15 is 0 Å². The molecule has 1 aromatic carbocycles. The quantitative estimate of drug-likeness (QED) is 0.837. The Labute approximate surface area is 115 Å². The van der Waals surface area contributed by atoms with Crippen molar-refractivity contribution in [2.75, 3.05) is 0 Å². The van der Waals surface area contributed by atoms with Gasteiger partial charge in [-0.2, -0.15) is 0 Å². The van der Waals surface area contributed by atoms with Crippen molar-refractivity contribution < 1.29 is 4.39 Å². The van der Waals surface area contributed by atoms with Crippen LogP contribution in [0.5, 0.6) is 0 Å². The molecule has 0 aliphatic heterocycles. The van der Waals surface area contributed by atoms with E-state index in [1.807, 2.05) is 0 Å². The molecule has 1 N–H and O–H groups in total. The molecule has 1 heterocycles. The van der Waals surface area contributed by atoms with Crippen LogP contribution in [-0.2, 0) is 6.42 Å². The molecule has 5 heteroatoms. The molecule has 0 radical (unpaired) electrons. The largest absolute Gasteiger partial charge is 0.346 e. The fraction of sp³-hybridized carbons (Fsp3) is 0.231. The number of rotatable bonds is 3. The van der Waals surface area contributed by atoms with Crippen LogP contribution in [0, 0.1) is 10.5 Å². The number of halogens is 2. The van der Waals surface area contributed by atoms with Crippen LogP contribution in [0.25, 0.3) is 11.3 Å². The van der Waals surface area contributed by atoms with E-state index in [1.54, 1.807) is 6.07 Å². The van der Waals surface area contributed by atoms with Gasteiger partial charge in [0.2, 0.25) is 0 Å². The Bertz CT molecular complexity index is 604. The Morgan fingerprint density at radius 1 is 1.39 bits per heavy atom. The van der Waals surface area contributed by atoms with Gasteiger partial charge in [0.25, 0.3) is 0 Å². The van der Waals surface area contributed by atoms with Gasteiger partial charge in [-0.05, 0) is 24.6 Å². The van der Waals surface area contributed by atoms with Gasteiger partial charge >= 0.3 is 0 Å². The van der Waals surface area contributed by atoms with Crippen LogP contribution in [0.3, 0.4) is 0 Å². The van der Waals surface area contributed by atoms with E-state index in [0.29, 0.717) is 15.2 Å². The second-order valence-corrected chi connectivity index (χ2v) is 4.79. The topological polar surface area (TPSA) is 28.7 Å². The summed E-state index contributed by atoms with van der Waals surface area (Å²) in [4.78, 5) is 7.09. The molecule has 18 heavy (non-hydrogen) atoms. The first-order chi connectivity index (χ1) is 8.61. The van der Waals surface area contributed by atoms with E-state index in [0.717, 1.165) is 24.1 Å². The summed E-state index contributed by atoms with van der Waals surface area (Å²) in [7, 11) is 0. The molecule has 0 aliphatic carbocycles. The van der Waals surface area contributed by atoms with Gasteiger partial charge in [-0.15, -0.1) is 0 Å². The van der Waals surface area contributed by atoms with Crippen LogP contribution in [0.2, 0.25) is 5.02 Å². The van der Waals surface area contributed by atoms with Crippen molar-refractivity contribution in [2.45, 2.75) is 19.8 Å². The molecule has 1 aromatic heterocycles. The number of aromatic nitrogens is 2. The van der Waals surface area contributed by atoms with Gasteiger partial charge in [-0.1, -0.05) is 37.2 Å². The van der Waals surface area contributed by atoms with E-state index < -0.39 is 0 Å². The number of nitrogens with zero attached hydrogens (tertiary/aromatic N) is 1. The van der Waals surface area contributed by atoms with Gasteiger partial charge in [0, 0.05) is 16.1 Å². The zero-order valence-electron chi connectivity index (χ0n) is 9.84. The molecule has 0 fully saturated rings. The normalized spacial score (nSPS) is 10.6. The van der Waals surface area contributed by atoms with Crippen molar-refractivity contribution in [1.29, 1.82) is 0 Å². The first kappa shape index (κ1) is 13.2. The van der Waals surface area contributed by atoms with Crippen LogP contribution >= 0.6 is 23.8 Å². The summed E-state index contributed by atoms with van der Waals surface area (Å²) in [6, 6.07) is 4.43. The highest BCUT2D eigenvalue weighted by Crippen LogP contribution is 2.26. The average molecular weight is 283 g/mol. The van der Waals surface area contributed by atoms with Crippen molar-refractivity contribution in [1.82, 2.24) is 9.97 Å². The number of hydrogen-bond donors (Lipinski definition) is 1. The lowest BCUT2D eigenvalue weighted by Crippen LogP contribution is -1.97. The molecule has 0 bridgehead atoms. The summed E-state index contributed by atoms with van der Waals surface area (Å²) < 4.78 is 13.9. The van der Waals surface area contributed by atoms with Crippen molar-refractivity contribution in [2.24, 2.45) is 0 Å². The first-order valence-electron chi connectivity index (χ1n) is 5.65. The van der Waals surface area contributed by atoms with E-state index in [2.05, 4.69) is 16.9 Å². The van der Waals surface area contributed by atoms with Crippen LogP contribution in [-0.4, -0.2) is 9.97 Å². The van der Waals surface area contributed by atoms with Crippen LogP contribution in [0.1, 0.15) is 18.9 Å². The molecular weight excluding hydrogens is 271 g/mol. The highest BCUT2D eigenvalue weighted by atomic mass is 35.5. The third kappa shape index (κ3) is 2.76. The van der Waals surface area contributed by atoms with Gasteiger partial charge in [-0.25, -0.2) is 9.37 Å². The molecule has 0 unspecified atom stereocenters. The highest BCUT2D eigenvalue weighted by molar-refractivity contribution is 7.71. The Morgan fingerprint density at radius 3 is 2.83 bits per heavy atom. The molecule has 0 spiro atoms. The number of hydrogen-bond acceptors (Lipinski definition) is 2. The molecule has 94 valence electrons. The summed E-state index contributed by atoms with van der Waals surface area (Å²) in [6.45, 7) is 2.06. The highest BCUT2D eigenvalue weighted by Gasteiger charge is 2.09. The lowest BCUT2D eigenvalue weighted by atomic mass is 10.0. The summed E-state index contributed by atoms with van der Waals surface area (Å²) in [5.41, 5.74) is 2.41. The third-order valence-electron chi connectivity index (χ3n) is 2.60. The Kier molecular flexibility index (Phi) is 4.09. The average Bonchev–Trinajstić information content (AvgIpc) is 2.30. The molecule has 2 rings (SSSR count). The maximum atomic E-state index is 13.4. The van der Waals surface area contributed by atoms with E-state index in [-0.39, 0.29) is 5.82 Å². The van der Waals surface area contributed by atoms with Gasteiger partial charge < -0.3 is 4.98 Å². The smallest absolute Gasteiger partial charge is 0.133 e. The lowest BCUT2D eigenvalue weighted by molar-refractivity contribution is 0.628. The zero-order chi connectivity index (χ0) is 13.1. The van der Waals surface area contributed by atoms with Gasteiger partial charge in [0.1, 0.15) is 10.5 Å². The molecule has 0 aliphatic rings. The maximum absolute atomic E-state index is 13.4. The summed E-state index contributed by atoms with van der Waals surface area (Å²) in [6.07, 6.45) is 3.27. The summed E-state index contributed by atoms with van der Waals surface area (Å²) in [5, 5.41) is 0.364. The van der Waals surface area contributed by atoms with Crippen LogP contribution in [0.4, 0.5) is 4.39 Å². The Morgan fingerprint density at radius 2 is 2.17 bits per heavy atom. The molecular formula is C13H12ClFN2S. The minimum absolute atomic E-state index is 0.364. The molecule has 2 nitrogen and oxygen atoms in total. The Balaban J connectivity index is 2.63. The van der Waals surface area contributed by atoms with Gasteiger partial charge in [0.05, 0.1) is 12.0 Å². The fourth-order valence-electron chi connectivity index (χ4n) is 1.87. The molecule has 0 atom stereocenters. The fourth-order valence-corrected chi connectivity index (χ4v) is 2.34. The summed E-state index contributed by atoms with van der Waals surface area (Å²) in [5.74, 6) is -0.365. The molecule has 0 saturated carbocycles. The zero-order valence-corrected chi connectivity index (χ0v) is 11.4. The number of nitrogens with one attached hydrogen (secondary N) is 1. The maximum Gasteiger partial charge on any atom is 0.133 e. The SMILES string of the molecule is CCCc1c(-c2cc(F)cc(Cl)c2)[nH]cnc1=S. The molecule has 0 amide bonds. The number of aromatic amines is 1. The standard InChI is InChI=1S/C13H12ClFN2S/c1-2-3-11-12(16-7-17-13(11)18)8-4-9(14)6-10(15)5-8/h4-7H,2-3H2,1H3,(H,16,17,18). The van der Waals surface area contributed by atoms with Crippen molar-refractivity contribution in [3.8, 4) is 11.3 Å². The van der Waals surface area contributed by atoms with E-state index in [1.165, 1.54) is 18.5 Å². The number of benzene rings is 1. The van der Waals surface area contributed by atoms with Gasteiger partial charge in [-0.3, -0.25) is 0 Å². The molecule has 0 saturated heterocycles. The van der Waals surface area contributed by atoms with Crippen molar-refractivity contribution in [3.05, 3.63) is 45.6 Å². The second kappa shape index (κ2) is 5.59. The van der Waals surface area contributed by atoms with Crippen molar-refractivity contribution in [3.63, 3.8) is 0 Å². The van der Waals surface area contributed by atoms with Crippen molar-refractivity contribution >= 4 is 23.8 Å². The predicted molar refractivity (Wildman–Crippen MR) is 73.8 cm³/mol. The monoisotopic (exact) mass is 282 g/mol. The van der Waals surface area contributed by atoms with Crippen LogP contribution < -0.4 is 0 Å². The van der Waals surface area contributed by atoms with E-state index in [4.69, 9.17) is 23.8 Å². The minimum atomic E-state index is -0.365. The molecule has 2 aromatic rings. The first-order valence-corrected chi connectivity index (χ1v) is 6.43. The number of H-pyrrole nitrogens is 1. The van der Waals surface area contributed by atoms with Gasteiger partial charge in [0.15, 0.2) is 0 Å². The Hall–Kier alpha value is -1.26. The second-order valence-electron chi connectivity index (χ2n) is 3.97. The minimum Gasteiger partial charge on any atom is -0.346 e. The third-order valence-corrected chi connectivity index (χ3v) is 3.17. The lowest BCUT2D eigenvalue weighted by Gasteiger charge is -2.09.